The van der Waals surface area contributed by atoms with Crippen LogP contribution in [0, 0.1) is 0 Å². The molecule has 3 aromatic rings. The van der Waals surface area contributed by atoms with Gasteiger partial charge in [-0.05, 0) is 43.5 Å². The van der Waals surface area contributed by atoms with E-state index in [0.717, 1.165) is 28.8 Å². The number of urea groups is 1. The Bertz CT molecular complexity index is 1200. The Labute approximate surface area is 194 Å². The lowest BCUT2D eigenvalue weighted by molar-refractivity contribution is -0.131. The number of hydrogen-bond acceptors (Lipinski definition) is 6. The van der Waals surface area contributed by atoms with Crippen LogP contribution in [-0.4, -0.2) is 39.8 Å². The molecule has 170 valence electrons. The van der Waals surface area contributed by atoms with E-state index in [1.165, 1.54) is 16.2 Å². The lowest BCUT2D eigenvalue weighted by Crippen LogP contribution is -2.44. The highest BCUT2D eigenvalue weighted by molar-refractivity contribution is 7.22. The van der Waals surface area contributed by atoms with E-state index in [9.17, 15) is 14.4 Å². The number of hydrogen-bond donors (Lipinski definition) is 2. The van der Waals surface area contributed by atoms with Gasteiger partial charge in [-0.25, -0.2) is 9.78 Å². The maximum absolute atomic E-state index is 12.7. The van der Waals surface area contributed by atoms with Gasteiger partial charge in [-0.1, -0.05) is 42.4 Å². The molecule has 33 heavy (non-hydrogen) atoms. The standard InChI is InChI=1S/C24H24N4O4S/c29-20(9-6-14-28-21(30)24(27-23(28)31)12-4-5-13-24)26-22-25-18-11-10-17(15-19(18)33-22)32-16-7-2-1-3-8-16/h1-3,7-8,10-11,15H,4-6,9,12-14H2,(H,27,31)(H,25,26,29). The van der Waals surface area contributed by atoms with Gasteiger partial charge in [0.05, 0.1) is 10.2 Å². The van der Waals surface area contributed by atoms with Gasteiger partial charge in [0.15, 0.2) is 5.13 Å². The highest BCUT2D eigenvalue weighted by Crippen LogP contribution is 2.35. The fraction of sp³-hybridized carbons (Fsp3) is 0.333. The maximum Gasteiger partial charge on any atom is 0.325 e. The lowest BCUT2D eigenvalue weighted by Gasteiger charge is -2.19. The quantitative estimate of drug-likeness (QED) is 0.495. The van der Waals surface area contributed by atoms with Gasteiger partial charge in [0.25, 0.3) is 5.91 Å². The van der Waals surface area contributed by atoms with Crippen molar-refractivity contribution in [3.8, 4) is 11.5 Å². The number of para-hydroxylation sites is 1. The average molecular weight is 465 g/mol. The number of rotatable bonds is 7. The Balaban J connectivity index is 1.15. The molecule has 1 saturated carbocycles. The number of thiazole rings is 1. The number of anilines is 1. The molecule has 2 aliphatic rings. The van der Waals surface area contributed by atoms with E-state index < -0.39 is 5.54 Å². The number of nitrogens with one attached hydrogen (secondary N) is 2. The Hall–Kier alpha value is -3.46. The van der Waals surface area contributed by atoms with E-state index in [4.69, 9.17) is 4.74 Å². The van der Waals surface area contributed by atoms with Gasteiger partial charge in [0.2, 0.25) is 5.91 Å². The van der Waals surface area contributed by atoms with Crippen LogP contribution < -0.4 is 15.4 Å². The van der Waals surface area contributed by atoms with Gasteiger partial charge in [-0.3, -0.25) is 14.5 Å². The molecule has 9 heteroatoms. The highest BCUT2D eigenvalue weighted by atomic mass is 32.1. The number of nitrogens with zero attached hydrogens (tertiary/aromatic N) is 2. The predicted octanol–water partition coefficient (Wildman–Crippen LogP) is 4.67. The molecule has 2 fully saturated rings. The summed E-state index contributed by atoms with van der Waals surface area (Å²) < 4.78 is 6.76. The Morgan fingerprint density at radius 1 is 1.12 bits per heavy atom. The van der Waals surface area contributed by atoms with E-state index in [1.807, 2.05) is 48.5 Å². The maximum atomic E-state index is 12.7. The molecular weight excluding hydrogens is 440 g/mol. The van der Waals surface area contributed by atoms with Gasteiger partial charge >= 0.3 is 6.03 Å². The van der Waals surface area contributed by atoms with Crippen molar-refractivity contribution in [1.29, 1.82) is 0 Å². The minimum absolute atomic E-state index is 0.148. The SMILES string of the molecule is O=C(CCCN1C(=O)NC2(CCCC2)C1=O)Nc1nc2ccc(Oc3ccccc3)cc2s1. The van der Waals surface area contributed by atoms with Crippen molar-refractivity contribution < 1.29 is 19.1 Å². The second kappa shape index (κ2) is 8.82. The summed E-state index contributed by atoms with van der Waals surface area (Å²) in [5.74, 6) is 1.10. The Morgan fingerprint density at radius 3 is 2.70 bits per heavy atom. The number of benzene rings is 2. The van der Waals surface area contributed by atoms with Crippen molar-refractivity contribution in [2.45, 2.75) is 44.1 Å². The van der Waals surface area contributed by atoms with Crippen LogP contribution in [0.4, 0.5) is 9.93 Å². The number of fused-ring (bicyclic) bond motifs is 1. The van der Waals surface area contributed by atoms with Crippen molar-refractivity contribution in [3.63, 3.8) is 0 Å². The predicted molar refractivity (Wildman–Crippen MR) is 125 cm³/mol. The van der Waals surface area contributed by atoms with Crippen molar-refractivity contribution in [2.24, 2.45) is 0 Å². The van der Waals surface area contributed by atoms with E-state index in [-0.39, 0.29) is 30.8 Å². The summed E-state index contributed by atoms with van der Waals surface area (Å²) in [5, 5.41) is 6.19. The van der Waals surface area contributed by atoms with Crippen molar-refractivity contribution in [2.75, 3.05) is 11.9 Å². The van der Waals surface area contributed by atoms with Crippen LogP contribution in [-0.2, 0) is 9.59 Å². The molecule has 0 radical (unpaired) electrons. The number of ether oxygens (including phenoxy) is 1. The van der Waals surface area contributed by atoms with Crippen LogP contribution in [0.3, 0.4) is 0 Å². The van der Waals surface area contributed by atoms with E-state index in [1.54, 1.807) is 0 Å². The number of aromatic nitrogens is 1. The molecule has 8 nitrogen and oxygen atoms in total. The van der Waals surface area contributed by atoms with Gasteiger partial charge in [-0.15, -0.1) is 0 Å². The van der Waals surface area contributed by atoms with Crippen LogP contribution >= 0.6 is 11.3 Å². The molecule has 2 N–H and O–H groups in total. The van der Waals surface area contributed by atoms with E-state index >= 15 is 0 Å². The number of imide groups is 1. The summed E-state index contributed by atoms with van der Waals surface area (Å²) in [6, 6.07) is 14.8. The zero-order valence-electron chi connectivity index (χ0n) is 18.0. The molecule has 0 unspecified atom stereocenters. The number of amides is 4. The number of carbonyl (C=O) groups is 3. The monoisotopic (exact) mass is 464 g/mol. The first-order valence-electron chi connectivity index (χ1n) is 11.1. The van der Waals surface area contributed by atoms with Crippen molar-refractivity contribution >= 4 is 44.5 Å². The molecular formula is C24H24N4O4S. The van der Waals surface area contributed by atoms with Crippen molar-refractivity contribution in [1.82, 2.24) is 15.2 Å². The molecule has 1 spiro atoms. The van der Waals surface area contributed by atoms with Crippen LogP contribution in [0.25, 0.3) is 10.2 Å². The summed E-state index contributed by atoms with van der Waals surface area (Å²) in [6.07, 6.45) is 3.90. The Morgan fingerprint density at radius 2 is 1.91 bits per heavy atom. The summed E-state index contributed by atoms with van der Waals surface area (Å²) in [6.45, 7) is 0.236. The minimum atomic E-state index is -0.705. The third-order valence-electron chi connectivity index (χ3n) is 6.07. The fourth-order valence-corrected chi connectivity index (χ4v) is 5.33. The molecule has 1 aliphatic carbocycles. The van der Waals surface area contributed by atoms with Gasteiger partial charge in [0.1, 0.15) is 17.0 Å². The van der Waals surface area contributed by atoms with Crippen LogP contribution in [0.1, 0.15) is 38.5 Å². The van der Waals surface area contributed by atoms with Gasteiger partial charge in [0, 0.05) is 19.0 Å². The van der Waals surface area contributed by atoms with Gasteiger partial charge < -0.3 is 15.4 Å². The topological polar surface area (TPSA) is 101 Å². The molecule has 4 amide bonds. The first kappa shape index (κ1) is 21.4. The van der Waals surface area contributed by atoms with Crippen LogP contribution in [0.15, 0.2) is 48.5 Å². The van der Waals surface area contributed by atoms with Crippen molar-refractivity contribution in [3.05, 3.63) is 48.5 Å². The van der Waals surface area contributed by atoms with E-state index in [2.05, 4.69) is 15.6 Å². The molecule has 0 bridgehead atoms. The summed E-state index contributed by atoms with van der Waals surface area (Å²) in [5.41, 5.74) is 0.0700. The zero-order valence-corrected chi connectivity index (χ0v) is 18.8. The van der Waals surface area contributed by atoms with Gasteiger partial charge in [-0.2, -0.15) is 0 Å². The Kier molecular flexibility index (Phi) is 5.72. The van der Waals surface area contributed by atoms with Crippen LogP contribution in [0.2, 0.25) is 0 Å². The second-order valence-corrected chi connectivity index (χ2v) is 9.42. The fourth-order valence-electron chi connectivity index (χ4n) is 4.42. The normalized spacial score (nSPS) is 17.0. The number of carbonyl (C=O) groups excluding carboxylic acids is 3. The molecule has 1 aliphatic heterocycles. The zero-order chi connectivity index (χ0) is 22.8. The molecule has 0 atom stereocenters. The first-order valence-corrected chi connectivity index (χ1v) is 11.9. The highest BCUT2D eigenvalue weighted by Gasteiger charge is 2.52. The molecule has 1 aromatic heterocycles. The smallest absolute Gasteiger partial charge is 0.325 e. The van der Waals surface area contributed by atoms with Crippen LogP contribution in [0.5, 0.6) is 11.5 Å². The lowest BCUT2D eigenvalue weighted by atomic mass is 9.98. The third-order valence-corrected chi connectivity index (χ3v) is 7.01. The summed E-state index contributed by atoms with van der Waals surface area (Å²) >= 11 is 1.37. The minimum Gasteiger partial charge on any atom is -0.457 e. The molecule has 5 rings (SSSR count). The first-order chi connectivity index (χ1) is 16.0. The molecule has 2 heterocycles. The molecule has 1 saturated heterocycles. The largest absolute Gasteiger partial charge is 0.457 e. The summed E-state index contributed by atoms with van der Waals surface area (Å²) in [7, 11) is 0. The average Bonchev–Trinajstić information content (AvgIpc) is 3.49. The summed E-state index contributed by atoms with van der Waals surface area (Å²) in [4.78, 5) is 43.0. The molecule has 2 aromatic carbocycles. The third kappa shape index (κ3) is 4.41. The van der Waals surface area contributed by atoms with E-state index in [0.29, 0.717) is 30.1 Å². The second-order valence-electron chi connectivity index (χ2n) is 8.39.